The van der Waals surface area contributed by atoms with E-state index in [0.717, 1.165) is 23.0 Å². The molecule has 0 unspecified atom stereocenters. The van der Waals surface area contributed by atoms with E-state index in [9.17, 15) is 0 Å². The van der Waals surface area contributed by atoms with Crippen molar-refractivity contribution in [1.82, 2.24) is 9.97 Å². The molecule has 0 aliphatic carbocycles. The summed E-state index contributed by atoms with van der Waals surface area (Å²) in [6.45, 7) is 1.91. The number of hydrogen-bond donors (Lipinski definition) is 1. The zero-order valence-corrected chi connectivity index (χ0v) is 9.27. The summed E-state index contributed by atoms with van der Waals surface area (Å²) in [5, 5.41) is 0. The predicted molar refractivity (Wildman–Crippen MR) is 63.5 cm³/mol. The average molecular weight is 215 g/mol. The molecule has 0 aliphatic heterocycles. The van der Waals surface area contributed by atoms with Crippen molar-refractivity contribution in [2.75, 3.05) is 7.11 Å². The van der Waals surface area contributed by atoms with Crippen LogP contribution in [-0.4, -0.2) is 22.8 Å². The molecule has 0 radical (unpaired) electrons. The lowest BCUT2D eigenvalue weighted by Gasteiger charge is -2.04. The highest BCUT2D eigenvalue weighted by molar-refractivity contribution is 5.97. The van der Waals surface area contributed by atoms with Crippen LogP contribution in [-0.2, 0) is 0 Å². The van der Waals surface area contributed by atoms with Crippen LogP contribution in [0.1, 0.15) is 12.7 Å². The highest BCUT2D eigenvalue weighted by Crippen LogP contribution is 2.26. The number of rotatable bonds is 3. The highest BCUT2D eigenvalue weighted by Gasteiger charge is 2.03. The van der Waals surface area contributed by atoms with Crippen molar-refractivity contribution in [2.24, 2.45) is 4.99 Å². The Kier molecular flexibility index (Phi) is 3.00. The summed E-state index contributed by atoms with van der Waals surface area (Å²) in [7, 11) is 1.64. The van der Waals surface area contributed by atoms with Crippen molar-refractivity contribution in [3.8, 4) is 5.75 Å². The van der Waals surface area contributed by atoms with Crippen molar-refractivity contribution >= 4 is 11.4 Å². The van der Waals surface area contributed by atoms with E-state index in [4.69, 9.17) is 4.74 Å². The smallest absolute Gasteiger partial charge is 0.151 e. The first-order valence-electron chi connectivity index (χ1n) is 4.99. The summed E-state index contributed by atoms with van der Waals surface area (Å²) < 4.78 is 5.23. The van der Waals surface area contributed by atoms with Gasteiger partial charge in [-0.15, -0.1) is 0 Å². The molecule has 82 valence electrons. The maximum Gasteiger partial charge on any atom is 0.151 e. The third-order valence-electron chi connectivity index (χ3n) is 2.21. The zero-order chi connectivity index (χ0) is 11.4. The van der Waals surface area contributed by atoms with E-state index in [1.807, 2.05) is 31.2 Å². The van der Waals surface area contributed by atoms with Crippen LogP contribution < -0.4 is 4.74 Å². The molecule has 1 heterocycles. The number of aromatic nitrogens is 2. The molecular weight excluding hydrogens is 202 g/mol. The molecule has 1 aromatic carbocycles. The molecule has 2 aromatic rings. The third kappa shape index (κ3) is 2.11. The molecule has 0 spiro atoms. The standard InChI is InChI=1S/C12H13N3O/c1-9(12-13-7-8-14-12)15-10-5-3-4-6-11(10)16-2/h3-8H,1-2H3,(H,13,14). The van der Waals surface area contributed by atoms with Gasteiger partial charge in [-0.3, -0.25) is 0 Å². The molecule has 0 aliphatic rings. The zero-order valence-electron chi connectivity index (χ0n) is 9.27. The first kappa shape index (κ1) is 10.4. The molecule has 0 amide bonds. The fourth-order valence-corrected chi connectivity index (χ4v) is 1.42. The number of methoxy groups -OCH3 is 1. The van der Waals surface area contributed by atoms with Gasteiger partial charge in [0.05, 0.1) is 12.8 Å². The van der Waals surface area contributed by atoms with Gasteiger partial charge in [0, 0.05) is 12.4 Å². The van der Waals surface area contributed by atoms with E-state index >= 15 is 0 Å². The molecule has 2 rings (SSSR count). The summed E-state index contributed by atoms with van der Waals surface area (Å²) in [5.41, 5.74) is 1.63. The van der Waals surface area contributed by atoms with Gasteiger partial charge >= 0.3 is 0 Å². The number of hydrogen-bond acceptors (Lipinski definition) is 3. The Bertz CT molecular complexity index is 489. The Morgan fingerprint density at radius 1 is 1.38 bits per heavy atom. The van der Waals surface area contributed by atoms with Gasteiger partial charge in [-0.1, -0.05) is 12.1 Å². The lowest BCUT2D eigenvalue weighted by molar-refractivity contribution is 0.416. The molecule has 0 atom stereocenters. The van der Waals surface area contributed by atoms with E-state index in [1.165, 1.54) is 0 Å². The van der Waals surface area contributed by atoms with Gasteiger partial charge < -0.3 is 9.72 Å². The Labute approximate surface area is 94.0 Å². The lowest BCUT2D eigenvalue weighted by atomic mass is 10.3. The van der Waals surface area contributed by atoms with Gasteiger partial charge in [-0.2, -0.15) is 0 Å². The van der Waals surface area contributed by atoms with E-state index in [-0.39, 0.29) is 0 Å². The van der Waals surface area contributed by atoms with Crippen LogP contribution in [0.5, 0.6) is 5.75 Å². The van der Waals surface area contributed by atoms with E-state index in [1.54, 1.807) is 19.5 Å². The second-order valence-electron chi connectivity index (χ2n) is 3.31. The van der Waals surface area contributed by atoms with Crippen LogP contribution in [0.4, 0.5) is 5.69 Å². The monoisotopic (exact) mass is 215 g/mol. The maximum absolute atomic E-state index is 5.23. The summed E-state index contributed by atoms with van der Waals surface area (Å²) >= 11 is 0. The van der Waals surface area contributed by atoms with E-state index in [2.05, 4.69) is 15.0 Å². The number of aliphatic imine (C=N–C) groups is 1. The van der Waals surface area contributed by atoms with Crippen LogP contribution in [0.25, 0.3) is 0 Å². The van der Waals surface area contributed by atoms with Gasteiger partial charge in [0.1, 0.15) is 11.4 Å². The fraction of sp³-hybridized carbons (Fsp3) is 0.167. The molecule has 4 heteroatoms. The van der Waals surface area contributed by atoms with E-state index in [0.29, 0.717) is 0 Å². The fourth-order valence-electron chi connectivity index (χ4n) is 1.42. The number of nitrogens with one attached hydrogen (secondary N) is 1. The van der Waals surface area contributed by atoms with Crippen LogP contribution in [0, 0.1) is 0 Å². The average Bonchev–Trinajstić information content (AvgIpc) is 2.83. The molecule has 0 saturated carbocycles. The van der Waals surface area contributed by atoms with Gasteiger partial charge in [-0.25, -0.2) is 9.98 Å². The summed E-state index contributed by atoms with van der Waals surface area (Å²) in [4.78, 5) is 11.6. The normalized spacial score (nSPS) is 11.5. The van der Waals surface area contributed by atoms with Crippen molar-refractivity contribution in [1.29, 1.82) is 0 Å². The van der Waals surface area contributed by atoms with Gasteiger partial charge in [0.25, 0.3) is 0 Å². The Morgan fingerprint density at radius 2 is 2.19 bits per heavy atom. The van der Waals surface area contributed by atoms with Gasteiger partial charge in [0.15, 0.2) is 5.82 Å². The van der Waals surface area contributed by atoms with Gasteiger partial charge in [0.2, 0.25) is 0 Å². The molecule has 16 heavy (non-hydrogen) atoms. The minimum atomic E-state index is 0.758. The number of nitrogens with zero attached hydrogens (tertiary/aromatic N) is 2. The van der Waals surface area contributed by atoms with Crippen LogP contribution >= 0.6 is 0 Å². The Hall–Kier alpha value is -2.10. The molecule has 0 fully saturated rings. The maximum atomic E-state index is 5.23. The first-order valence-corrected chi connectivity index (χ1v) is 4.99. The molecule has 0 bridgehead atoms. The number of benzene rings is 1. The molecule has 0 saturated heterocycles. The van der Waals surface area contributed by atoms with Crippen molar-refractivity contribution in [3.63, 3.8) is 0 Å². The van der Waals surface area contributed by atoms with Crippen molar-refractivity contribution in [3.05, 3.63) is 42.5 Å². The Balaban J connectivity index is 2.35. The summed E-state index contributed by atoms with van der Waals surface area (Å²) in [6.07, 6.45) is 3.48. The quantitative estimate of drug-likeness (QED) is 0.800. The number of H-pyrrole nitrogens is 1. The van der Waals surface area contributed by atoms with E-state index < -0.39 is 0 Å². The number of ether oxygens (including phenoxy) is 1. The molecule has 4 nitrogen and oxygen atoms in total. The summed E-state index contributed by atoms with van der Waals surface area (Å²) in [6, 6.07) is 7.64. The Morgan fingerprint density at radius 3 is 2.88 bits per heavy atom. The first-order chi connectivity index (χ1) is 7.81. The van der Waals surface area contributed by atoms with Crippen LogP contribution in [0.3, 0.4) is 0 Å². The largest absolute Gasteiger partial charge is 0.494 e. The lowest BCUT2D eigenvalue weighted by Crippen LogP contribution is -1.96. The predicted octanol–water partition coefficient (Wildman–Crippen LogP) is 2.56. The topological polar surface area (TPSA) is 50.3 Å². The summed E-state index contributed by atoms with van der Waals surface area (Å²) in [5.74, 6) is 1.53. The highest BCUT2D eigenvalue weighted by atomic mass is 16.5. The minimum absolute atomic E-state index is 0.758. The van der Waals surface area contributed by atoms with Crippen molar-refractivity contribution < 1.29 is 4.74 Å². The molecule has 1 aromatic heterocycles. The number of aromatic amines is 1. The second kappa shape index (κ2) is 4.61. The van der Waals surface area contributed by atoms with Crippen LogP contribution in [0.2, 0.25) is 0 Å². The van der Waals surface area contributed by atoms with Crippen LogP contribution in [0.15, 0.2) is 41.7 Å². The number of imidazole rings is 1. The number of para-hydroxylation sites is 2. The SMILES string of the molecule is COc1ccccc1N=C(C)c1ncc[nH]1. The van der Waals surface area contributed by atoms with Gasteiger partial charge in [-0.05, 0) is 19.1 Å². The minimum Gasteiger partial charge on any atom is -0.494 e. The third-order valence-corrected chi connectivity index (χ3v) is 2.21. The molecule has 1 N–H and O–H groups in total. The molecular formula is C12H13N3O. The second-order valence-corrected chi connectivity index (χ2v) is 3.31. The van der Waals surface area contributed by atoms with Crippen molar-refractivity contribution in [2.45, 2.75) is 6.92 Å².